The van der Waals surface area contributed by atoms with Gasteiger partial charge in [0, 0.05) is 6.54 Å². The predicted octanol–water partition coefficient (Wildman–Crippen LogP) is 1.16. The Kier molecular flexibility index (Phi) is 4.93. The summed E-state index contributed by atoms with van der Waals surface area (Å²) in [4.78, 5) is 14.1. The summed E-state index contributed by atoms with van der Waals surface area (Å²) in [5.74, 6) is 0.125. The molecule has 0 spiro atoms. The van der Waals surface area contributed by atoms with E-state index in [1.807, 2.05) is 32.3 Å². The topological polar surface area (TPSA) is 44.4 Å². The van der Waals surface area contributed by atoms with E-state index in [-0.39, 0.29) is 18.0 Å². The largest absolute Gasteiger partial charge is 0.353 e. The van der Waals surface area contributed by atoms with Crippen LogP contribution in [0.3, 0.4) is 0 Å². The van der Waals surface area contributed by atoms with Gasteiger partial charge in [0.05, 0.1) is 12.1 Å². The Balaban J connectivity index is 1.92. The van der Waals surface area contributed by atoms with Crippen LogP contribution in [0.5, 0.6) is 0 Å². The maximum atomic E-state index is 12.0. The van der Waals surface area contributed by atoms with Gasteiger partial charge in [-0.2, -0.15) is 0 Å². The molecule has 2 N–H and O–H groups in total. The fourth-order valence-corrected chi connectivity index (χ4v) is 2.50. The van der Waals surface area contributed by atoms with Crippen LogP contribution in [0, 0.1) is 0 Å². The molecule has 1 aromatic carbocycles. The zero-order valence-electron chi connectivity index (χ0n) is 11.7. The molecule has 0 aliphatic carbocycles. The van der Waals surface area contributed by atoms with Crippen molar-refractivity contribution >= 4 is 5.91 Å². The lowest BCUT2D eigenvalue weighted by atomic mass is 10.1. The van der Waals surface area contributed by atoms with Crippen molar-refractivity contribution in [3.63, 3.8) is 0 Å². The maximum Gasteiger partial charge on any atom is 0.237 e. The van der Waals surface area contributed by atoms with Gasteiger partial charge in [0.15, 0.2) is 0 Å². The highest BCUT2D eigenvalue weighted by molar-refractivity contribution is 5.82. The van der Waals surface area contributed by atoms with Gasteiger partial charge in [-0.3, -0.25) is 4.79 Å². The second-order valence-electron chi connectivity index (χ2n) is 5.28. The molecule has 4 nitrogen and oxygen atoms in total. The number of hydrogen-bond donors (Lipinski definition) is 2. The predicted molar refractivity (Wildman–Crippen MR) is 76.9 cm³/mol. The van der Waals surface area contributed by atoms with Crippen LogP contribution in [0.4, 0.5) is 0 Å². The first-order valence-corrected chi connectivity index (χ1v) is 6.91. The molecule has 0 radical (unpaired) electrons. The van der Waals surface area contributed by atoms with E-state index >= 15 is 0 Å². The van der Waals surface area contributed by atoms with Gasteiger partial charge in [-0.15, -0.1) is 0 Å². The van der Waals surface area contributed by atoms with Gasteiger partial charge < -0.3 is 15.5 Å². The van der Waals surface area contributed by atoms with E-state index in [9.17, 15) is 4.79 Å². The van der Waals surface area contributed by atoms with Gasteiger partial charge in [0.2, 0.25) is 5.91 Å². The highest BCUT2D eigenvalue weighted by Gasteiger charge is 2.23. The van der Waals surface area contributed by atoms with E-state index < -0.39 is 0 Å². The number of nitrogens with one attached hydrogen (secondary N) is 2. The maximum absolute atomic E-state index is 12.0. The summed E-state index contributed by atoms with van der Waals surface area (Å²) >= 11 is 0. The van der Waals surface area contributed by atoms with Crippen molar-refractivity contribution in [2.75, 3.05) is 27.2 Å². The summed E-state index contributed by atoms with van der Waals surface area (Å²) in [5, 5.41) is 6.28. The first-order valence-electron chi connectivity index (χ1n) is 6.91. The normalized spacial score (nSPS) is 20.5. The van der Waals surface area contributed by atoms with Crippen LogP contribution in [0.25, 0.3) is 0 Å². The number of rotatable bonds is 5. The van der Waals surface area contributed by atoms with E-state index in [1.165, 1.54) is 5.56 Å². The third-order valence-corrected chi connectivity index (χ3v) is 3.65. The highest BCUT2D eigenvalue weighted by Crippen LogP contribution is 2.16. The zero-order chi connectivity index (χ0) is 13.7. The molecule has 4 heteroatoms. The molecule has 2 unspecified atom stereocenters. The van der Waals surface area contributed by atoms with Crippen molar-refractivity contribution in [3.8, 4) is 0 Å². The average Bonchev–Trinajstić information content (AvgIpc) is 2.93. The van der Waals surface area contributed by atoms with Crippen LogP contribution in [0.15, 0.2) is 30.3 Å². The Bertz CT molecular complexity index is 399. The number of nitrogens with zero attached hydrogens (tertiary/aromatic N) is 1. The number of likely N-dealkylation sites (N-methyl/N-ethyl adjacent to an activating group) is 1. The fourth-order valence-electron chi connectivity index (χ4n) is 2.50. The minimum Gasteiger partial charge on any atom is -0.353 e. The molecule has 1 heterocycles. The van der Waals surface area contributed by atoms with Crippen molar-refractivity contribution in [2.45, 2.75) is 24.9 Å². The molecule has 1 fully saturated rings. The Hall–Kier alpha value is -1.39. The summed E-state index contributed by atoms with van der Waals surface area (Å²) in [6, 6.07) is 10.5. The quantitative estimate of drug-likeness (QED) is 0.836. The average molecular weight is 261 g/mol. The lowest BCUT2D eigenvalue weighted by Gasteiger charge is -2.25. The summed E-state index contributed by atoms with van der Waals surface area (Å²) in [6.45, 7) is 1.60. The molecule has 1 amide bonds. The van der Waals surface area contributed by atoms with Crippen LogP contribution >= 0.6 is 0 Å². The molecule has 1 saturated heterocycles. The Morgan fingerprint density at radius 2 is 2.16 bits per heavy atom. The van der Waals surface area contributed by atoms with Crippen molar-refractivity contribution < 1.29 is 4.79 Å². The number of carbonyl (C=O) groups excluding carboxylic acids is 1. The van der Waals surface area contributed by atoms with Gasteiger partial charge in [0.25, 0.3) is 0 Å². The van der Waals surface area contributed by atoms with E-state index in [4.69, 9.17) is 0 Å². The number of benzene rings is 1. The fraction of sp³-hybridized carbons (Fsp3) is 0.533. The van der Waals surface area contributed by atoms with Crippen LogP contribution < -0.4 is 10.6 Å². The lowest BCUT2D eigenvalue weighted by Crippen LogP contribution is -2.43. The SMILES string of the molecule is CN(C)C(CNC(=O)C1CCCN1)c1ccccc1. The molecular weight excluding hydrogens is 238 g/mol. The van der Waals surface area contributed by atoms with Gasteiger partial charge >= 0.3 is 0 Å². The van der Waals surface area contributed by atoms with E-state index in [1.54, 1.807) is 0 Å². The van der Waals surface area contributed by atoms with Gasteiger partial charge in [-0.25, -0.2) is 0 Å². The second-order valence-corrected chi connectivity index (χ2v) is 5.28. The molecule has 1 aliphatic heterocycles. The highest BCUT2D eigenvalue weighted by atomic mass is 16.2. The minimum atomic E-state index is -0.00131. The monoisotopic (exact) mass is 261 g/mol. The van der Waals surface area contributed by atoms with Crippen molar-refractivity contribution in [3.05, 3.63) is 35.9 Å². The zero-order valence-corrected chi connectivity index (χ0v) is 11.7. The number of amides is 1. The standard InChI is InChI=1S/C15H23N3O/c1-18(2)14(12-7-4-3-5-8-12)11-17-15(19)13-9-6-10-16-13/h3-5,7-8,13-14,16H,6,9-11H2,1-2H3,(H,17,19). The lowest BCUT2D eigenvalue weighted by molar-refractivity contribution is -0.123. The van der Waals surface area contributed by atoms with Crippen LogP contribution in [-0.2, 0) is 4.79 Å². The second kappa shape index (κ2) is 6.68. The molecular formula is C15H23N3O. The Morgan fingerprint density at radius 3 is 2.74 bits per heavy atom. The first kappa shape index (κ1) is 14.0. The molecule has 2 atom stereocenters. The van der Waals surface area contributed by atoms with Gasteiger partial charge in [0.1, 0.15) is 0 Å². The molecule has 2 rings (SSSR count). The van der Waals surface area contributed by atoms with Crippen LogP contribution in [0.2, 0.25) is 0 Å². The summed E-state index contributed by atoms with van der Waals surface area (Å²) in [7, 11) is 4.08. The van der Waals surface area contributed by atoms with Crippen LogP contribution in [-0.4, -0.2) is 44.0 Å². The molecule has 104 valence electrons. The molecule has 0 bridgehead atoms. The molecule has 0 aromatic heterocycles. The van der Waals surface area contributed by atoms with Crippen molar-refractivity contribution in [2.24, 2.45) is 0 Å². The smallest absolute Gasteiger partial charge is 0.237 e. The van der Waals surface area contributed by atoms with Crippen molar-refractivity contribution in [1.29, 1.82) is 0 Å². The molecule has 1 aromatic rings. The molecule has 1 aliphatic rings. The third kappa shape index (κ3) is 3.78. The summed E-state index contributed by atoms with van der Waals surface area (Å²) in [5.41, 5.74) is 1.23. The number of carbonyl (C=O) groups is 1. The van der Waals surface area contributed by atoms with E-state index in [0.717, 1.165) is 19.4 Å². The minimum absolute atomic E-state index is 0.00131. The molecule has 19 heavy (non-hydrogen) atoms. The first-order chi connectivity index (χ1) is 9.18. The van der Waals surface area contributed by atoms with E-state index in [0.29, 0.717) is 6.54 Å². The molecule has 0 saturated carbocycles. The van der Waals surface area contributed by atoms with Gasteiger partial charge in [-0.1, -0.05) is 30.3 Å². The Morgan fingerprint density at radius 1 is 1.42 bits per heavy atom. The van der Waals surface area contributed by atoms with E-state index in [2.05, 4.69) is 27.7 Å². The Labute approximate surface area is 115 Å². The van der Waals surface area contributed by atoms with Crippen molar-refractivity contribution in [1.82, 2.24) is 15.5 Å². The summed E-state index contributed by atoms with van der Waals surface area (Å²) < 4.78 is 0. The number of hydrogen-bond acceptors (Lipinski definition) is 3. The summed E-state index contributed by atoms with van der Waals surface area (Å²) in [6.07, 6.45) is 2.04. The third-order valence-electron chi connectivity index (χ3n) is 3.65. The van der Waals surface area contributed by atoms with Crippen LogP contribution in [0.1, 0.15) is 24.4 Å². The van der Waals surface area contributed by atoms with Gasteiger partial charge in [-0.05, 0) is 39.0 Å².